The van der Waals surface area contributed by atoms with Crippen molar-refractivity contribution in [3.8, 4) is 17.2 Å². The first-order valence-electron chi connectivity index (χ1n) is 11.3. The lowest BCUT2D eigenvalue weighted by Gasteiger charge is -2.18. The highest BCUT2D eigenvalue weighted by atomic mass is 35.5. The number of anilines is 2. The summed E-state index contributed by atoms with van der Waals surface area (Å²) in [5.41, 5.74) is 3.09. The Morgan fingerprint density at radius 1 is 0.800 bits per heavy atom. The minimum Gasteiger partial charge on any atom is -0.492 e. The average Bonchev–Trinajstić information content (AvgIpc) is 2.84. The van der Waals surface area contributed by atoms with Crippen molar-refractivity contribution >= 4 is 34.8 Å². The van der Waals surface area contributed by atoms with Gasteiger partial charge in [0.15, 0.2) is 6.61 Å². The summed E-state index contributed by atoms with van der Waals surface area (Å²) < 4.78 is 17.1. The summed E-state index contributed by atoms with van der Waals surface area (Å²) in [6, 6.07) is 15.7. The van der Waals surface area contributed by atoms with Crippen LogP contribution in [-0.2, 0) is 4.79 Å². The molecule has 0 heterocycles. The zero-order chi connectivity index (χ0) is 25.4. The molecule has 184 valence electrons. The molecule has 0 unspecified atom stereocenters. The molecule has 0 spiro atoms. The largest absolute Gasteiger partial charge is 0.492 e. The average molecular weight is 497 g/mol. The predicted molar refractivity (Wildman–Crippen MR) is 138 cm³/mol. The third-order valence-corrected chi connectivity index (χ3v) is 5.62. The molecule has 0 atom stereocenters. The van der Waals surface area contributed by atoms with Gasteiger partial charge in [-0.15, -0.1) is 0 Å². The van der Waals surface area contributed by atoms with E-state index in [4.69, 9.17) is 25.8 Å². The van der Waals surface area contributed by atoms with Crippen molar-refractivity contribution in [1.82, 2.24) is 0 Å². The van der Waals surface area contributed by atoms with E-state index in [9.17, 15) is 9.59 Å². The second-order valence-corrected chi connectivity index (χ2v) is 8.12. The Morgan fingerprint density at radius 3 is 1.89 bits per heavy atom. The Hall–Kier alpha value is -3.71. The molecule has 2 amide bonds. The van der Waals surface area contributed by atoms with Gasteiger partial charge in [0.2, 0.25) is 0 Å². The van der Waals surface area contributed by atoms with Gasteiger partial charge in [-0.1, -0.05) is 29.8 Å². The molecule has 0 aliphatic carbocycles. The molecular weight excluding hydrogens is 468 g/mol. The number of ether oxygens (including phenoxy) is 3. The second kappa shape index (κ2) is 12.1. The number of hydrogen-bond acceptors (Lipinski definition) is 5. The van der Waals surface area contributed by atoms with Crippen molar-refractivity contribution < 1.29 is 23.8 Å². The van der Waals surface area contributed by atoms with Gasteiger partial charge in [-0.05, 0) is 63.1 Å². The molecule has 3 rings (SSSR count). The zero-order valence-electron chi connectivity index (χ0n) is 20.2. The maximum atomic E-state index is 12.7. The Balaban J connectivity index is 1.79. The van der Waals surface area contributed by atoms with Crippen molar-refractivity contribution in [3.05, 3.63) is 76.3 Å². The molecule has 0 saturated heterocycles. The smallest absolute Gasteiger partial charge is 0.262 e. The molecule has 0 bridgehead atoms. The van der Waals surface area contributed by atoms with Gasteiger partial charge < -0.3 is 24.8 Å². The van der Waals surface area contributed by atoms with Crippen molar-refractivity contribution in [1.29, 1.82) is 0 Å². The summed E-state index contributed by atoms with van der Waals surface area (Å²) in [6.45, 7) is 7.95. The number of rotatable bonds is 10. The fraction of sp³-hybridized carbons (Fsp3) is 0.259. The number of amides is 2. The summed E-state index contributed by atoms with van der Waals surface area (Å²) in [5.74, 6) is 0.692. The van der Waals surface area contributed by atoms with Gasteiger partial charge in [0, 0.05) is 22.7 Å². The van der Waals surface area contributed by atoms with Crippen LogP contribution in [0.3, 0.4) is 0 Å². The minimum atomic E-state index is -0.375. The van der Waals surface area contributed by atoms with Crippen LogP contribution in [0, 0.1) is 13.8 Å². The molecule has 0 aromatic heterocycles. The number of carbonyl (C=O) groups excluding carboxylic acids is 2. The molecule has 0 aliphatic heterocycles. The summed E-state index contributed by atoms with van der Waals surface area (Å²) in [4.78, 5) is 25.4. The highest BCUT2D eigenvalue weighted by Crippen LogP contribution is 2.37. The van der Waals surface area contributed by atoms with Crippen molar-refractivity contribution in [2.24, 2.45) is 0 Å². The lowest BCUT2D eigenvalue weighted by Crippen LogP contribution is -2.21. The number of hydrogen-bond donors (Lipinski definition) is 2. The first-order chi connectivity index (χ1) is 16.8. The van der Waals surface area contributed by atoms with Gasteiger partial charge in [0.1, 0.15) is 17.2 Å². The number of nitrogens with one attached hydrogen (secondary N) is 2. The van der Waals surface area contributed by atoms with Crippen LogP contribution >= 0.6 is 11.6 Å². The van der Waals surface area contributed by atoms with E-state index < -0.39 is 0 Å². The van der Waals surface area contributed by atoms with Crippen LogP contribution in [0.25, 0.3) is 0 Å². The van der Waals surface area contributed by atoms with E-state index in [1.54, 1.807) is 48.5 Å². The van der Waals surface area contributed by atoms with Gasteiger partial charge in [0.05, 0.1) is 24.6 Å². The fourth-order valence-corrected chi connectivity index (χ4v) is 3.52. The van der Waals surface area contributed by atoms with E-state index in [1.165, 1.54) is 0 Å². The number of aryl methyl sites for hydroxylation is 2. The maximum absolute atomic E-state index is 12.7. The highest BCUT2D eigenvalue weighted by molar-refractivity contribution is 6.32. The third-order valence-electron chi connectivity index (χ3n) is 5.02. The lowest BCUT2D eigenvalue weighted by atomic mass is 10.1. The molecule has 35 heavy (non-hydrogen) atoms. The van der Waals surface area contributed by atoms with Crippen LogP contribution < -0.4 is 24.8 Å². The lowest BCUT2D eigenvalue weighted by molar-refractivity contribution is -0.118. The van der Waals surface area contributed by atoms with E-state index in [2.05, 4.69) is 10.6 Å². The summed E-state index contributed by atoms with van der Waals surface area (Å²) in [7, 11) is 0. The molecule has 0 fully saturated rings. The molecule has 3 aromatic rings. The standard InChI is InChI=1S/C27H29ClN2O5/c1-5-33-23-15-22(30-27(32)19-10-8-7-9-11-19)24(34-6-2)14-21(23)29-25(31)16-35-20-12-17(3)26(28)18(4)13-20/h7-15H,5-6,16H2,1-4H3,(H,29,31)(H,30,32). The first kappa shape index (κ1) is 25.9. The van der Waals surface area contributed by atoms with Gasteiger partial charge >= 0.3 is 0 Å². The Labute approximate surface area is 210 Å². The molecule has 7 nitrogen and oxygen atoms in total. The summed E-state index contributed by atoms with van der Waals surface area (Å²) >= 11 is 6.20. The molecule has 8 heteroatoms. The molecular formula is C27H29ClN2O5. The second-order valence-electron chi connectivity index (χ2n) is 7.74. The fourth-order valence-electron chi connectivity index (χ4n) is 3.41. The number of halogens is 1. The summed E-state index contributed by atoms with van der Waals surface area (Å²) in [5, 5.41) is 6.34. The van der Waals surface area contributed by atoms with Crippen LogP contribution in [0.2, 0.25) is 5.02 Å². The Morgan fingerprint density at radius 2 is 1.34 bits per heavy atom. The third kappa shape index (κ3) is 6.90. The van der Waals surface area contributed by atoms with Gasteiger partial charge in [-0.2, -0.15) is 0 Å². The SMILES string of the molecule is CCOc1cc(NC(=O)c2ccccc2)c(OCC)cc1NC(=O)COc1cc(C)c(Cl)c(C)c1. The van der Waals surface area contributed by atoms with E-state index >= 15 is 0 Å². The zero-order valence-corrected chi connectivity index (χ0v) is 21.0. The minimum absolute atomic E-state index is 0.206. The van der Waals surface area contributed by atoms with Crippen LogP contribution in [0.15, 0.2) is 54.6 Å². The normalized spacial score (nSPS) is 10.4. The van der Waals surface area contributed by atoms with Crippen LogP contribution in [-0.4, -0.2) is 31.6 Å². The number of benzene rings is 3. The van der Waals surface area contributed by atoms with Crippen LogP contribution in [0.5, 0.6) is 17.2 Å². The number of carbonyl (C=O) groups is 2. The van der Waals surface area contributed by atoms with Gasteiger partial charge in [-0.3, -0.25) is 9.59 Å². The monoisotopic (exact) mass is 496 g/mol. The highest BCUT2D eigenvalue weighted by Gasteiger charge is 2.17. The topological polar surface area (TPSA) is 85.9 Å². The van der Waals surface area contributed by atoms with Crippen molar-refractivity contribution in [3.63, 3.8) is 0 Å². The molecule has 0 radical (unpaired) electrons. The molecule has 0 aliphatic rings. The molecule has 2 N–H and O–H groups in total. The molecule has 0 saturated carbocycles. The van der Waals surface area contributed by atoms with Crippen molar-refractivity contribution in [2.45, 2.75) is 27.7 Å². The quantitative estimate of drug-likeness (QED) is 0.358. The van der Waals surface area contributed by atoms with E-state index in [1.807, 2.05) is 33.8 Å². The Bertz CT molecular complexity index is 1170. The summed E-state index contributed by atoms with van der Waals surface area (Å²) in [6.07, 6.45) is 0. The van der Waals surface area contributed by atoms with Gasteiger partial charge in [-0.25, -0.2) is 0 Å². The van der Waals surface area contributed by atoms with Crippen molar-refractivity contribution in [2.75, 3.05) is 30.5 Å². The first-order valence-corrected chi connectivity index (χ1v) is 11.7. The Kier molecular flexibility index (Phi) is 8.98. The van der Waals surface area contributed by atoms with Crippen LogP contribution in [0.4, 0.5) is 11.4 Å². The van der Waals surface area contributed by atoms with E-state index in [-0.39, 0.29) is 18.4 Å². The van der Waals surface area contributed by atoms with E-state index in [0.717, 1.165) is 11.1 Å². The molecule has 3 aromatic carbocycles. The van der Waals surface area contributed by atoms with Gasteiger partial charge in [0.25, 0.3) is 11.8 Å². The predicted octanol–water partition coefficient (Wildman–Crippen LogP) is 6.02. The van der Waals surface area contributed by atoms with Crippen LogP contribution in [0.1, 0.15) is 35.3 Å². The maximum Gasteiger partial charge on any atom is 0.262 e. The van der Waals surface area contributed by atoms with E-state index in [0.29, 0.717) is 52.4 Å².